The van der Waals surface area contributed by atoms with Gasteiger partial charge in [0, 0.05) is 31.7 Å². The lowest BCUT2D eigenvalue weighted by Gasteiger charge is -2.40. The second-order valence-corrected chi connectivity index (χ2v) is 8.21. The number of hydrogen-bond acceptors (Lipinski definition) is 4. The highest BCUT2D eigenvalue weighted by molar-refractivity contribution is 5.85. The Morgan fingerprint density at radius 2 is 1.75 bits per heavy atom. The molecule has 0 bridgehead atoms. The molecule has 2 aliphatic heterocycles. The van der Waals surface area contributed by atoms with Crippen molar-refractivity contribution >= 4 is 5.91 Å². The molecule has 2 N–H and O–H groups in total. The zero-order valence-corrected chi connectivity index (χ0v) is 15.3. The number of amides is 1. The van der Waals surface area contributed by atoms with Crippen molar-refractivity contribution in [3.63, 3.8) is 0 Å². The molecule has 3 fully saturated rings. The zero-order chi connectivity index (χ0) is 17.0. The van der Waals surface area contributed by atoms with Gasteiger partial charge >= 0.3 is 0 Å². The topological polar surface area (TPSA) is 55.8 Å². The molecule has 0 aromatic carbocycles. The number of hydrogen-bond donors (Lipinski definition) is 2. The highest BCUT2D eigenvalue weighted by Gasteiger charge is 2.38. The number of carbonyl (C=O) groups is 1. The van der Waals surface area contributed by atoms with Crippen LogP contribution in [0.1, 0.15) is 64.2 Å². The second-order valence-electron chi connectivity index (χ2n) is 8.21. The highest BCUT2D eigenvalue weighted by atomic mass is 16.3. The molecule has 1 amide bonds. The van der Waals surface area contributed by atoms with Crippen LogP contribution in [0.3, 0.4) is 0 Å². The number of rotatable bonds is 5. The first-order valence-corrected chi connectivity index (χ1v) is 10.0. The Morgan fingerprint density at radius 1 is 1.08 bits per heavy atom. The lowest BCUT2D eigenvalue weighted by molar-refractivity contribution is -0.144. The van der Waals surface area contributed by atoms with Crippen LogP contribution in [-0.4, -0.2) is 71.7 Å². The van der Waals surface area contributed by atoms with Gasteiger partial charge in [0.1, 0.15) is 5.60 Å². The third-order valence-corrected chi connectivity index (χ3v) is 6.47. The van der Waals surface area contributed by atoms with Gasteiger partial charge in [-0.3, -0.25) is 9.69 Å². The van der Waals surface area contributed by atoms with Gasteiger partial charge in [0.15, 0.2) is 0 Å². The van der Waals surface area contributed by atoms with Crippen LogP contribution in [0.2, 0.25) is 0 Å². The monoisotopic (exact) mass is 337 g/mol. The maximum atomic E-state index is 12.4. The standard InChI is InChI=1S/C19H35N3O2/c1-21-14-10-19(24,11-15-21)18(23)20-12-9-17-8-4-5-13-22(17)16-6-2-3-7-16/h16-17,24H,2-15H2,1H3,(H,20,23)/t17-/m1/s1. The number of nitrogens with zero attached hydrogens (tertiary/aromatic N) is 2. The van der Waals surface area contributed by atoms with Gasteiger partial charge in [-0.25, -0.2) is 0 Å². The molecule has 24 heavy (non-hydrogen) atoms. The quantitative estimate of drug-likeness (QED) is 0.802. The molecule has 2 heterocycles. The van der Waals surface area contributed by atoms with Gasteiger partial charge in [-0.15, -0.1) is 0 Å². The molecule has 0 radical (unpaired) electrons. The van der Waals surface area contributed by atoms with E-state index in [0.717, 1.165) is 25.6 Å². The van der Waals surface area contributed by atoms with Crippen LogP contribution in [0.25, 0.3) is 0 Å². The summed E-state index contributed by atoms with van der Waals surface area (Å²) in [6, 6.07) is 1.40. The molecule has 0 aromatic heterocycles. The first-order valence-electron chi connectivity index (χ1n) is 10.0. The average Bonchev–Trinajstić information content (AvgIpc) is 3.12. The minimum Gasteiger partial charge on any atom is -0.380 e. The molecule has 0 unspecified atom stereocenters. The van der Waals surface area contributed by atoms with E-state index in [1.807, 2.05) is 7.05 Å². The fourth-order valence-corrected chi connectivity index (χ4v) is 4.78. The summed E-state index contributed by atoms with van der Waals surface area (Å²) < 4.78 is 0. The average molecular weight is 338 g/mol. The van der Waals surface area contributed by atoms with E-state index in [-0.39, 0.29) is 5.91 Å². The summed E-state index contributed by atoms with van der Waals surface area (Å²) in [7, 11) is 2.04. The third kappa shape index (κ3) is 4.30. The van der Waals surface area contributed by atoms with Crippen LogP contribution in [0.15, 0.2) is 0 Å². The lowest BCUT2D eigenvalue weighted by Crippen LogP contribution is -2.54. The largest absolute Gasteiger partial charge is 0.380 e. The Balaban J connectivity index is 1.45. The van der Waals surface area contributed by atoms with Gasteiger partial charge < -0.3 is 15.3 Å². The summed E-state index contributed by atoms with van der Waals surface area (Å²) in [5.74, 6) is -0.154. The molecule has 3 rings (SSSR count). The van der Waals surface area contributed by atoms with Crippen LogP contribution in [0.4, 0.5) is 0 Å². The van der Waals surface area contributed by atoms with E-state index in [0.29, 0.717) is 25.4 Å². The van der Waals surface area contributed by atoms with E-state index >= 15 is 0 Å². The molecular formula is C19H35N3O2. The molecular weight excluding hydrogens is 302 g/mol. The van der Waals surface area contributed by atoms with Crippen LogP contribution in [0, 0.1) is 0 Å². The minimum atomic E-state index is -1.15. The summed E-state index contributed by atoms with van der Waals surface area (Å²) >= 11 is 0. The number of aliphatic hydroxyl groups is 1. The van der Waals surface area contributed by atoms with Gasteiger partial charge in [0.05, 0.1) is 0 Å². The molecule has 1 aliphatic carbocycles. The Morgan fingerprint density at radius 3 is 2.46 bits per heavy atom. The van der Waals surface area contributed by atoms with E-state index in [1.165, 1.54) is 51.5 Å². The van der Waals surface area contributed by atoms with Crippen molar-refractivity contribution in [2.45, 2.75) is 81.9 Å². The second kappa shape index (κ2) is 8.15. The molecule has 5 nitrogen and oxygen atoms in total. The van der Waals surface area contributed by atoms with Crippen LogP contribution in [0.5, 0.6) is 0 Å². The van der Waals surface area contributed by atoms with Crippen molar-refractivity contribution in [1.29, 1.82) is 0 Å². The smallest absolute Gasteiger partial charge is 0.252 e. The lowest BCUT2D eigenvalue weighted by atomic mass is 9.90. The number of piperidine rings is 2. The number of nitrogens with one attached hydrogen (secondary N) is 1. The number of likely N-dealkylation sites (tertiary alicyclic amines) is 2. The van der Waals surface area contributed by atoms with Crippen molar-refractivity contribution < 1.29 is 9.90 Å². The van der Waals surface area contributed by atoms with Gasteiger partial charge in [-0.1, -0.05) is 19.3 Å². The first kappa shape index (κ1) is 18.2. The highest BCUT2D eigenvalue weighted by Crippen LogP contribution is 2.30. The van der Waals surface area contributed by atoms with Gasteiger partial charge in [-0.05, 0) is 58.5 Å². The predicted molar refractivity (Wildman–Crippen MR) is 95.9 cm³/mol. The summed E-state index contributed by atoms with van der Waals surface area (Å²) in [6.07, 6.45) is 11.5. The normalized spacial score (nSPS) is 29.7. The Bertz CT molecular complexity index is 415. The van der Waals surface area contributed by atoms with Crippen LogP contribution < -0.4 is 5.32 Å². The Kier molecular flexibility index (Phi) is 6.17. The van der Waals surface area contributed by atoms with Crippen molar-refractivity contribution in [3.8, 4) is 0 Å². The van der Waals surface area contributed by atoms with E-state index < -0.39 is 5.60 Å². The molecule has 0 spiro atoms. The number of carbonyl (C=O) groups excluding carboxylic acids is 1. The maximum Gasteiger partial charge on any atom is 0.252 e. The van der Waals surface area contributed by atoms with Gasteiger partial charge in [-0.2, -0.15) is 0 Å². The van der Waals surface area contributed by atoms with Gasteiger partial charge in [0.2, 0.25) is 0 Å². The predicted octanol–water partition coefficient (Wildman–Crippen LogP) is 1.75. The summed E-state index contributed by atoms with van der Waals surface area (Å²) in [4.78, 5) is 17.3. The van der Waals surface area contributed by atoms with E-state index in [2.05, 4.69) is 15.1 Å². The van der Waals surface area contributed by atoms with E-state index in [4.69, 9.17) is 0 Å². The van der Waals surface area contributed by atoms with Crippen LogP contribution >= 0.6 is 0 Å². The summed E-state index contributed by atoms with van der Waals surface area (Å²) in [5, 5.41) is 13.6. The minimum absolute atomic E-state index is 0.154. The van der Waals surface area contributed by atoms with Crippen molar-refractivity contribution in [2.24, 2.45) is 0 Å². The molecule has 3 aliphatic rings. The fraction of sp³-hybridized carbons (Fsp3) is 0.947. The molecule has 1 saturated carbocycles. The zero-order valence-electron chi connectivity index (χ0n) is 15.3. The molecule has 5 heteroatoms. The first-order chi connectivity index (χ1) is 11.6. The van der Waals surface area contributed by atoms with Crippen molar-refractivity contribution in [3.05, 3.63) is 0 Å². The molecule has 0 aromatic rings. The Labute approximate surface area is 146 Å². The Hall–Kier alpha value is -0.650. The molecule has 138 valence electrons. The SMILES string of the molecule is CN1CCC(O)(C(=O)NCC[C@H]2CCCCN2C2CCCC2)CC1. The van der Waals surface area contributed by atoms with Gasteiger partial charge in [0.25, 0.3) is 5.91 Å². The van der Waals surface area contributed by atoms with Crippen molar-refractivity contribution in [1.82, 2.24) is 15.1 Å². The van der Waals surface area contributed by atoms with E-state index in [9.17, 15) is 9.90 Å². The molecule has 2 saturated heterocycles. The van der Waals surface area contributed by atoms with Crippen molar-refractivity contribution in [2.75, 3.05) is 33.2 Å². The molecule has 1 atom stereocenters. The summed E-state index contributed by atoms with van der Waals surface area (Å²) in [5.41, 5.74) is -1.15. The fourth-order valence-electron chi connectivity index (χ4n) is 4.78. The third-order valence-electron chi connectivity index (χ3n) is 6.47. The maximum absolute atomic E-state index is 12.4. The van der Waals surface area contributed by atoms with Crippen LogP contribution in [-0.2, 0) is 4.79 Å². The summed E-state index contributed by atoms with van der Waals surface area (Å²) in [6.45, 7) is 3.52. The van der Waals surface area contributed by atoms with E-state index in [1.54, 1.807) is 0 Å².